The predicted molar refractivity (Wildman–Crippen MR) is 80.2 cm³/mol. The lowest BCUT2D eigenvalue weighted by atomic mass is 10.2. The molecule has 1 N–H and O–H groups in total. The number of nitrogens with one attached hydrogen (secondary N) is 1. The summed E-state index contributed by atoms with van der Waals surface area (Å²) < 4.78 is 5.24. The van der Waals surface area contributed by atoms with Gasteiger partial charge in [-0.05, 0) is 23.7 Å². The molecule has 2 rings (SSSR count). The Balaban J connectivity index is 2.36. The van der Waals surface area contributed by atoms with Crippen LogP contribution in [0.4, 0.5) is 17.6 Å². The summed E-state index contributed by atoms with van der Waals surface area (Å²) in [6.45, 7) is 0. The molecule has 21 heavy (non-hydrogen) atoms. The van der Waals surface area contributed by atoms with Crippen LogP contribution in [0.3, 0.4) is 0 Å². The quantitative estimate of drug-likeness (QED) is 0.926. The maximum atomic E-state index is 8.89. The van der Waals surface area contributed by atoms with Gasteiger partial charge in [-0.15, -0.1) is 0 Å². The van der Waals surface area contributed by atoms with Crippen molar-refractivity contribution >= 4 is 29.2 Å². The molecule has 0 amide bonds. The molecule has 0 saturated carbocycles. The van der Waals surface area contributed by atoms with Crippen LogP contribution in [0.25, 0.3) is 0 Å². The Bertz CT molecular complexity index is 698. The first-order valence-corrected chi connectivity index (χ1v) is 6.35. The minimum absolute atomic E-state index is 0.0869. The smallest absolute Gasteiger partial charge is 0.233 e. The molecule has 108 valence electrons. The van der Waals surface area contributed by atoms with Gasteiger partial charge in [-0.1, -0.05) is 0 Å². The Hall–Kier alpha value is -2.59. The van der Waals surface area contributed by atoms with Gasteiger partial charge in [-0.2, -0.15) is 20.2 Å². The third-order valence-electron chi connectivity index (χ3n) is 2.57. The second-order valence-electron chi connectivity index (χ2n) is 4.27. The summed E-state index contributed by atoms with van der Waals surface area (Å²) in [5, 5.41) is 12.0. The summed E-state index contributed by atoms with van der Waals surface area (Å²) in [7, 11) is 5.13. The van der Waals surface area contributed by atoms with Crippen LogP contribution in [-0.2, 0) is 0 Å². The Morgan fingerprint density at radius 2 is 2.05 bits per heavy atom. The van der Waals surface area contributed by atoms with Gasteiger partial charge in [-0.25, -0.2) is 0 Å². The minimum atomic E-state index is 0.0869. The number of methoxy groups -OCH3 is 1. The van der Waals surface area contributed by atoms with Crippen LogP contribution < -0.4 is 15.0 Å². The molecule has 1 heterocycles. The highest BCUT2D eigenvalue weighted by Gasteiger charge is 2.10. The molecule has 0 aliphatic rings. The zero-order valence-electron chi connectivity index (χ0n) is 11.8. The maximum absolute atomic E-state index is 8.89. The number of nitriles is 1. The van der Waals surface area contributed by atoms with Crippen LogP contribution >= 0.6 is 11.6 Å². The number of hydrogen-bond acceptors (Lipinski definition) is 7. The van der Waals surface area contributed by atoms with Crippen molar-refractivity contribution in [3.05, 3.63) is 29.0 Å². The minimum Gasteiger partial charge on any atom is -0.495 e. The van der Waals surface area contributed by atoms with E-state index in [2.05, 4.69) is 20.3 Å². The molecule has 0 aliphatic heterocycles. The fourth-order valence-electron chi connectivity index (χ4n) is 1.58. The number of ether oxygens (including phenoxy) is 1. The number of benzene rings is 1. The third-order valence-corrected chi connectivity index (χ3v) is 2.74. The second kappa shape index (κ2) is 6.24. The maximum Gasteiger partial charge on any atom is 0.233 e. The first kappa shape index (κ1) is 14.8. The van der Waals surface area contributed by atoms with Crippen molar-refractivity contribution in [1.82, 2.24) is 15.0 Å². The lowest BCUT2D eigenvalue weighted by Gasteiger charge is -2.13. The lowest BCUT2D eigenvalue weighted by molar-refractivity contribution is 0.416. The summed E-state index contributed by atoms with van der Waals surface area (Å²) in [6, 6.07) is 7.05. The third kappa shape index (κ3) is 3.49. The van der Waals surface area contributed by atoms with Gasteiger partial charge in [0.05, 0.1) is 24.4 Å². The van der Waals surface area contributed by atoms with Crippen molar-refractivity contribution < 1.29 is 4.74 Å². The van der Waals surface area contributed by atoms with Crippen LogP contribution in [-0.4, -0.2) is 36.2 Å². The first-order chi connectivity index (χ1) is 10.0. The number of nitrogens with zero attached hydrogens (tertiary/aromatic N) is 5. The van der Waals surface area contributed by atoms with Gasteiger partial charge in [0.25, 0.3) is 0 Å². The average molecular weight is 305 g/mol. The number of anilines is 3. The summed E-state index contributed by atoms with van der Waals surface area (Å²) in [4.78, 5) is 14.0. The van der Waals surface area contributed by atoms with Gasteiger partial charge in [0.1, 0.15) is 5.75 Å². The van der Waals surface area contributed by atoms with Crippen LogP contribution in [0.1, 0.15) is 5.56 Å². The summed E-state index contributed by atoms with van der Waals surface area (Å²) in [5.41, 5.74) is 1.13. The summed E-state index contributed by atoms with van der Waals surface area (Å²) >= 11 is 5.88. The van der Waals surface area contributed by atoms with E-state index in [0.29, 0.717) is 28.9 Å². The zero-order chi connectivity index (χ0) is 15.4. The average Bonchev–Trinajstić information content (AvgIpc) is 2.47. The molecule has 8 heteroatoms. The molecule has 7 nitrogen and oxygen atoms in total. The van der Waals surface area contributed by atoms with Crippen LogP contribution in [0.2, 0.25) is 5.28 Å². The molecule has 0 unspecified atom stereocenters. The molecule has 0 bridgehead atoms. The molecular weight excluding hydrogens is 292 g/mol. The van der Waals surface area contributed by atoms with E-state index in [0.717, 1.165) is 0 Å². The van der Waals surface area contributed by atoms with E-state index in [1.807, 2.05) is 6.07 Å². The van der Waals surface area contributed by atoms with Gasteiger partial charge < -0.3 is 15.0 Å². The van der Waals surface area contributed by atoms with Gasteiger partial charge >= 0.3 is 0 Å². The van der Waals surface area contributed by atoms with Gasteiger partial charge in [0, 0.05) is 20.2 Å². The SMILES string of the molecule is COc1cc(C#N)ccc1Nc1nc(Cl)nc(N(C)C)n1. The second-order valence-corrected chi connectivity index (χ2v) is 4.61. The fraction of sp³-hybridized carbons (Fsp3) is 0.231. The summed E-state index contributed by atoms with van der Waals surface area (Å²) in [5.74, 6) is 1.24. The highest BCUT2D eigenvalue weighted by molar-refractivity contribution is 6.28. The van der Waals surface area contributed by atoms with Crippen molar-refractivity contribution in [1.29, 1.82) is 5.26 Å². The molecule has 0 radical (unpaired) electrons. The van der Waals surface area contributed by atoms with E-state index in [9.17, 15) is 0 Å². The molecule has 1 aromatic carbocycles. The topological polar surface area (TPSA) is 87.0 Å². The van der Waals surface area contributed by atoms with E-state index < -0.39 is 0 Å². The van der Waals surface area contributed by atoms with Gasteiger partial charge in [0.2, 0.25) is 17.2 Å². The lowest BCUT2D eigenvalue weighted by Crippen LogP contribution is -2.14. The monoisotopic (exact) mass is 304 g/mol. The normalized spacial score (nSPS) is 9.86. The number of rotatable bonds is 4. The molecule has 0 atom stereocenters. The Morgan fingerprint density at radius 1 is 1.29 bits per heavy atom. The van der Waals surface area contributed by atoms with Crippen LogP contribution in [0.5, 0.6) is 5.75 Å². The van der Waals surface area contributed by atoms with Crippen molar-refractivity contribution in [2.24, 2.45) is 0 Å². The van der Waals surface area contributed by atoms with E-state index in [-0.39, 0.29) is 5.28 Å². The molecule has 0 spiro atoms. The molecule has 1 aromatic heterocycles. The standard InChI is InChI=1S/C13H13ClN6O/c1-20(2)13-18-11(14)17-12(19-13)16-9-5-4-8(7-15)6-10(9)21-3/h4-6H,1-3H3,(H,16,17,18,19). The van der Waals surface area contributed by atoms with Gasteiger partial charge in [-0.3, -0.25) is 0 Å². The Kier molecular flexibility index (Phi) is 4.40. The Labute approximate surface area is 127 Å². The molecule has 0 saturated heterocycles. The predicted octanol–water partition coefficient (Wildman–Crippen LogP) is 2.21. The van der Waals surface area contributed by atoms with Crippen LogP contribution in [0, 0.1) is 11.3 Å². The van der Waals surface area contributed by atoms with E-state index in [1.165, 1.54) is 7.11 Å². The molecule has 0 aliphatic carbocycles. The van der Waals surface area contributed by atoms with E-state index in [1.54, 1.807) is 37.2 Å². The van der Waals surface area contributed by atoms with Crippen molar-refractivity contribution in [3.63, 3.8) is 0 Å². The van der Waals surface area contributed by atoms with E-state index in [4.69, 9.17) is 21.6 Å². The molecule has 2 aromatic rings. The highest BCUT2D eigenvalue weighted by Crippen LogP contribution is 2.28. The largest absolute Gasteiger partial charge is 0.495 e. The zero-order valence-corrected chi connectivity index (χ0v) is 12.5. The van der Waals surface area contributed by atoms with Gasteiger partial charge in [0.15, 0.2) is 0 Å². The van der Waals surface area contributed by atoms with Crippen LogP contribution in [0.15, 0.2) is 18.2 Å². The van der Waals surface area contributed by atoms with Crippen molar-refractivity contribution in [2.75, 3.05) is 31.4 Å². The molecular formula is C13H13ClN6O. The Morgan fingerprint density at radius 3 is 2.67 bits per heavy atom. The van der Waals surface area contributed by atoms with Crippen molar-refractivity contribution in [2.45, 2.75) is 0 Å². The number of hydrogen-bond donors (Lipinski definition) is 1. The van der Waals surface area contributed by atoms with E-state index >= 15 is 0 Å². The summed E-state index contributed by atoms with van der Waals surface area (Å²) in [6.07, 6.45) is 0. The first-order valence-electron chi connectivity index (χ1n) is 5.97. The number of aromatic nitrogens is 3. The fourth-order valence-corrected chi connectivity index (χ4v) is 1.74. The highest BCUT2D eigenvalue weighted by atomic mass is 35.5. The molecule has 0 fully saturated rings. The van der Waals surface area contributed by atoms with Crippen molar-refractivity contribution in [3.8, 4) is 11.8 Å². The number of halogens is 1.